The number of aldehydes is 1. The first-order valence-corrected chi connectivity index (χ1v) is 9.93. The number of rotatable bonds is 6. The molecule has 3 aromatic rings. The molecule has 0 radical (unpaired) electrons. The van der Waals surface area contributed by atoms with Crippen LogP contribution in [0.4, 0.5) is 0 Å². The van der Waals surface area contributed by atoms with Crippen molar-refractivity contribution < 1.29 is 17.9 Å². The number of carbonyl (C=O) groups excluding carboxylic acids is 1. The van der Waals surface area contributed by atoms with E-state index in [1.54, 1.807) is 36.4 Å². The Hall–Kier alpha value is -2.92. The Kier molecular flexibility index (Phi) is 5.19. The summed E-state index contributed by atoms with van der Waals surface area (Å²) in [7, 11) is -3.23. The van der Waals surface area contributed by atoms with Crippen LogP contribution in [0.5, 0.6) is 5.75 Å². The predicted octanol–water partition coefficient (Wildman–Crippen LogP) is 4.15. The Bertz CT molecular complexity index is 1010. The molecule has 0 aliphatic heterocycles. The molecule has 0 unspecified atom stereocenters. The monoisotopic (exact) mass is 366 g/mol. The molecule has 26 heavy (non-hydrogen) atoms. The van der Waals surface area contributed by atoms with Gasteiger partial charge in [-0.2, -0.15) is 0 Å². The molecule has 4 nitrogen and oxygen atoms in total. The van der Waals surface area contributed by atoms with E-state index in [4.69, 9.17) is 4.74 Å². The fourth-order valence-corrected chi connectivity index (χ4v) is 3.21. The average molecular weight is 366 g/mol. The number of benzene rings is 3. The molecule has 0 saturated heterocycles. The smallest absolute Gasteiger partial charge is 0.175 e. The number of carbonyl (C=O) groups is 1. The lowest BCUT2D eigenvalue weighted by molar-refractivity contribution is 0.111. The van der Waals surface area contributed by atoms with Gasteiger partial charge in [-0.25, -0.2) is 8.42 Å². The molecule has 3 rings (SSSR count). The molecule has 0 bridgehead atoms. The molecule has 0 amide bonds. The minimum absolute atomic E-state index is 0.264. The van der Waals surface area contributed by atoms with E-state index in [0.717, 1.165) is 23.0 Å². The van der Waals surface area contributed by atoms with Crippen molar-refractivity contribution in [1.29, 1.82) is 0 Å². The van der Waals surface area contributed by atoms with E-state index in [2.05, 4.69) is 0 Å². The number of hydrogen-bond acceptors (Lipinski definition) is 4. The van der Waals surface area contributed by atoms with E-state index in [-0.39, 0.29) is 4.90 Å². The van der Waals surface area contributed by atoms with Gasteiger partial charge in [-0.15, -0.1) is 0 Å². The fourth-order valence-electron chi connectivity index (χ4n) is 2.58. The average Bonchev–Trinajstić information content (AvgIpc) is 2.66. The largest absolute Gasteiger partial charge is 0.488 e. The Morgan fingerprint density at radius 2 is 1.54 bits per heavy atom. The molecule has 0 spiro atoms. The topological polar surface area (TPSA) is 60.4 Å². The second kappa shape index (κ2) is 7.54. The SMILES string of the molecule is CS(=O)(=O)c1ccc(-c2ccc(OCc3ccccc3)c(C=O)c2)cc1. The summed E-state index contributed by atoms with van der Waals surface area (Å²) in [6, 6.07) is 21.6. The van der Waals surface area contributed by atoms with Gasteiger partial charge < -0.3 is 4.74 Å². The lowest BCUT2D eigenvalue weighted by Gasteiger charge is -2.11. The van der Waals surface area contributed by atoms with Crippen LogP contribution in [0, 0.1) is 0 Å². The summed E-state index contributed by atoms with van der Waals surface area (Å²) < 4.78 is 28.9. The summed E-state index contributed by atoms with van der Waals surface area (Å²) in [5, 5.41) is 0. The van der Waals surface area contributed by atoms with Crippen LogP contribution in [0.25, 0.3) is 11.1 Å². The summed E-state index contributed by atoms with van der Waals surface area (Å²) in [6.45, 7) is 0.379. The van der Waals surface area contributed by atoms with E-state index in [1.807, 2.05) is 36.4 Å². The van der Waals surface area contributed by atoms with Gasteiger partial charge >= 0.3 is 0 Å². The lowest BCUT2D eigenvalue weighted by Crippen LogP contribution is -1.99. The predicted molar refractivity (Wildman–Crippen MR) is 101 cm³/mol. The van der Waals surface area contributed by atoms with Crippen LogP contribution in [0.1, 0.15) is 15.9 Å². The maximum Gasteiger partial charge on any atom is 0.175 e. The molecule has 0 aromatic heterocycles. The molecular weight excluding hydrogens is 348 g/mol. The third-order valence-corrected chi connectivity index (χ3v) is 5.12. The van der Waals surface area contributed by atoms with Gasteiger partial charge in [0.1, 0.15) is 12.4 Å². The normalized spacial score (nSPS) is 11.1. The van der Waals surface area contributed by atoms with Crippen molar-refractivity contribution in [2.75, 3.05) is 6.26 Å². The summed E-state index contributed by atoms with van der Waals surface area (Å²) in [5.74, 6) is 0.514. The Morgan fingerprint density at radius 3 is 2.15 bits per heavy atom. The summed E-state index contributed by atoms with van der Waals surface area (Å²) >= 11 is 0. The molecule has 132 valence electrons. The van der Waals surface area contributed by atoms with Gasteiger partial charge in [-0.1, -0.05) is 48.5 Å². The van der Waals surface area contributed by atoms with Crippen LogP contribution in [0.15, 0.2) is 77.7 Å². The van der Waals surface area contributed by atoms with Crippen LogP contribution >= 0.6 is 0 Å². The van der Waals surface area contributed by atoms with Gasteiger partial charge in [0, 0.05) is 6.26 Å². The first kappa shape index (κ1) is 17.9. The minimum atomic E-state index is -3.23. The number of sulfone groups is 1. The zero-order valence-electron chi connectivity index (χ0n) is 14.3. The van der Waals surface area contributed by atoms with Crippen molar-refractivity contribution in [3.63, 3.8) is 0 Å². The minimum Gasteiger partial charge on any atom is -0.488 e. The summed E-state index contributed by atoms with van der Waals surface area (Å²) in [5.41, 5.74) is 3.12. The van der Waals surface area contributed by atoms with E-state index in [0.29, 0.717) is 17.9 Å². The van der Waals surface area contributed by atoms with Crippen molar-refractivity contribution in [2.24, 2.45) is 0 Å². The highest BCUT2D eigenvalue weighted by molar-refractivity contribution is 7.90. The molecule has 0 atom stereocenters. The molecule has 0 aliphatic carbocycles. The Morgan fingerprint density at radius 1 is 0.885 bits per heavy atom. The molecular formula is C21H18O4S. The Balaban J connectivity index is 1.83. The van der Waals surface area contributed by atoms with Crippen LogP contribution in [0.2, 0.25) is 0 Å². The van der Waals surface area contributed by atoms with Crippen LogP contribution < -0.4 is 4.74 Å². The third kappa shape index (κ3) is 4.18. The maximum atomic E-state index is 11.6. The quantitative estimate of drug-likeness (QED) is 0.615. The highest BCUT2D eigenvalue weighted by Gasteiger charge is 2.09. The van der Waals surface area contributed by atoms with Gasteiger partial charge in [0.05, 0.1) is 10.5 Å². The van der Waals surface area contributed by atoms with E-state index >= 15 is 0 Å². The van der Waals surface area contributed by atoms with Gasteiger partial charge in [0.15, 0.2) is 16.1 Å². The van der Waals surface area contributed by atoms with Gasteiger partial charge in [0.2, 0.25) is 0 Å². The van der Waals surface area contributed by atoms with Crippen molar-refractivity contribution in [3.05, 3.63) is 83.9 Å². The maximum absolute atomic E-state index is 11.6. The number of ether oxygens (including phenoxy) is 1. The fraction of sp³-hybridized carbons (Fsp3) is 0.0952. The molecule has 3 aromatic carbocycles. The highest BCUT2D eigenvalue weighted by atomic mass is 32.2. The zero-order valence-corrected chi connectivity index (χ0v) is 15.1. The van der Waals surface area contributed by atoms with Crippen molar-refractivity contribution >= 4 is 16.1 Å². The molecule has 0 saturated carbocycles. The highest BCUT2D eigenvalue weighted by Crippen LogP contribution is 2.27. The van der Waals surface area contributed by atoms with E-state index in [1.165, 1.54) is 6.26 Å². The van der Waals surface area contributed by atoms with E-state index in [9.17, 15) is 13.2 Å². The lowest BCUT2D eigenvalue weighted by atomic mass is 10.0. The van der Waals surface area contributed by atoms with Crippen LogP contribution in [-0.2, 0) is 16.4 Å². The zero-order chi connectivity index (χ0) is 18.6. The van der Waals surface area contributed by atoms with Crippen molar-refractivity contribution in [2.45, 2.75) is 11.5 Å². The van der Waals surface area contributed by atoms with E-state index < -0.39 is 9.84 Å². The first-order chi connectivity index (χ1) is 12.5. The molecule has 0 fully saturated rings. The van der Waals surface area contributed by atoms with Crippen molar-refractivity contribution in [1.82, 2.24) is 0 Å². The van der Waals surface area contributed by atoms with Gasteiger partial charge in [-0.05, 0) is 41.0 Å². The van der Waals surface area contributed by atoms with Crippen molar-refractivity contribution in [3.8, 4) is 16.9 Å². The second-order valence-corrected chi connectivity index (χ2v) is 7.96. The molecule has 0 heterocycles. The van der Waals surface area contributed by atoms with Gasteiger partial charge in [0.25, 0.3) is 0 Å². The van der Waals surface area contributed by atoms with Crippen LogP contribution in [-0.4, -0.2) is 21.0 Å². The van der Waals surface area contributed by atoms with Gasteiger partial charge in [-0.3, -0.25) is 4.79 Å². The molecule has 5 heteroatoms. The molecule has 0 aliphatic rings. The molecule has 0 N–H and O–H groups in total. The third-order valence-electron chi connectivity index (χ3n) is 3.99. The number of hydrogen-bond donors (Lipinski definition) is 0. The summed E-state index contributed by atoms with van der Waals surface area (Å²) in [6.07, 6.45) is 1.93. The van der Waals surface area contributed by atoms with Crippen LogP contribution in [0.3, 0.4) is 0 Å². The standard InChI is InChI=1S/C21H18O4S/c1-26(23,24)20-10-7-17(8-11-20)18-9-12-21(19(13-18)14-22)25-15-16-5-3-2-4-6-16/h2-14H,15H2,1H3. The summed E-state index contributed by atoms with van der Waals surface area (Å²) in [4.78, 5) is 11.7. The second-order valence-electron chi connectivity index (χ2n) is 5.94. The first-order valence-electron chi connectivity index (χ1n) is 8.04. The Labute approximate surface area is 153 Å².